The van der Waals surface area contributed by atoms with Crippen molar-refractivity contribution >= 4 is 21.7 Å². The summed E-state index contributed by atoms with van der Waals surface area (Å²) in [5, 5.41) is 4.13. The maximum atomic E-state index is 11.7. The molecular formula is C10H9BrN2O2. The van der Waals surface area contributed by atoms with Crippen molar-refractivity contribution in [2.45, 2.75) is 6.42 Å². The fraction of sp³-hybridized carbons (Fsp3) is 0.200. The van der Waals surface area contributed by atoms with Gasteiger partial charge >= 0.3 is 0 Å². The Kier molecular flexibility index (Phi) is 2.73. The molecule has 78 valence electrons. The lowest BCUT2D eigenvalue weighted by molar-refractivity contribution is 0.0964. The monoisotopic (exact) mass is 268 g/mol. The number of aryl methyl sites for hydroxylation is 1. The fourth-order valence-electron chi connectivity index (χ4n) is 1.27. The number of furan rings is 1. The van der Waals surface area contributed by atoms with Crippen LogP contribution in [0.3, 0.4) is 0 Å². The van der Waals surface area contributed by atoms with Crippen molar-refractivity contribution in [1.29, 1.82) is 0 Å². The van der Waals surface area contributed by atoms with Crippen LogP contribution in [0.1, 0.15) is 16.2 Å². The summed E-state index contributed by atoms with van der Waals surface area (Å²) in [6, 6.07) is 5.16. The van der Waals surface area contributed by atoms with Gasteiger partial charge in [0.25, 0.3) is 0 Å². The van der Waals surface area contributed by atoms with Gasteiger partial charge in [0, 0.05) is 13.2 Å². The molecule has 0 unspecified atom stereocenters. The van der Waals surface area contributed by atoms with E-state index < -0.39 is 0 Å². The maximum absolute atomic E-state index is 11.7. The normalized spacial score (nSPS) is 10.5. The molecule has 0 saturated carbocycles. The number of Topliss-reactive ketones (excluding diaryl/α,β-unsaturated/α-hetero) is 1. The second kappa shape index (κ2) is 4.02. The Morgan fingerprint density at radius 3 is 2.87 bits per heavy atom. The first-order valence-corrected chi connectivity index (χ1v) is 5.21. The first-order chi connectivity index (χ1) is 7.15. The molecule has 0 bridgehead atoms. The Morgan fingerprint density at radius 2 is 2.33 bits per heavy atom. The first-order valence-electron chi connectivity index (χ1n) is 4.42. The van der Waals surface area contributed by atoms with Gasteiger partial charge in [-0.05, 0) is 34.1 Å². The number of halogens is 1. The van der Waals surface area contributed by atoms with Crippen LogP contribution >= 0.6 is 15.9 Å². The highest BCUT2D eigenvalue weighted by Crippen LogP contribution is 2.15. The zero-order chi connectivity index (χ0) is 10.8. The summed E-state index contributed by atoms with van der Waals surface area (Å²) in [5.74, 6) is 0.284. The van der Waals surface area contributed by atoms with Crippen LogP contribution in [0.4, 0.5) is 0 Å². The van der Waals surface area contributed by atoms with Gasteiger partial charge in [-0.15, -0.1) is 0 Å². The molecule has 2 heterocycles. The van der Waals surface area contributed by atoms with E-state index in [-0.39, 0.29) is 12.2 Å². The third-order valence-corrected chi connectivity index (χ3v) is 2.38. The Bertz CT molecular complexity index is 487. The molecular weight excluding hydrogens is 260 g/mol. The van der Waals surface area contributed by atoms with E-state index in [0.29, 0.717) is 10.4 Å². The van der Waals surface area contributed by atoms with Gasteiger partial charge < -0.3 is 4.42 Å². The molecule has 2 aromatic heterocycles. The maximum Gasteiger partial charge on any atom is 0.204 e. The standard InChI is InChI=1S/C10H9BrN2O2/c1-13-5-4-7(12-13)6-8(14)9-2-3-10(11)15-9/h2-5H,6H2,1H3. The molecule has 0 radical (unpaired) electrons. The van der Waals surface area contributed by atoms with E-state index in [4.69, 9.17) is 4.42 Å². The van der Waals surface area contributed by atoms with Gasteiger partial charge in [-0.25, -0.2) is 0 Å². The summed E-state index contributed by atoms with van der Waals surface area (Å²) in [6.45, 7) is 0. The van der Waals surface area contributed by atoms with E-state index in [2.05, 4.69) is 21.0 Å². The zero-order valence-corrected chi connectivity index (χ0v) is 9.69. The van der Waals surface area contributed by atoms with Crippen LogP contribution in [-0.4, -0.2) is 15.6 Å². The lowest BCUT2D eigenvalue weighted by Crippen LogP contribution is -2.03. The fourth-order valence-corrected chi connectivity index (χ4v) is 1.58. The van der Waals surface area contributed by atoms with Crippen molar-refractivity contribution in [3.8, 4) is 0 Å². The van der Waals surface area contributed by atoms with E-state index in [9.17, 15) is 4.79 Å². The van der Waals surface area contributed by atoms with Gasteiger partial charge in [0.1, 0.15) is 0 Å². The van der Waals surface area contributed by atoms with Crippen molar-refractivity contribution < 1.29 is 9.21 Å². The molecule has 0 aliphatic carbocycles. The van der Waals surface area contributed by atoms with Crippen LogP contribution in [0.5, 0.6) is 0 Å². The zero-order valence-electron chi connectivity index (χ0n) is 8.11. The average Bonchev–Trinajstić information content (AvgIpc) is 2.75. The van der Waals surface area contributed by atoms with Crippen molar-refractivity contribution in [2.24, 2.45) is 7.05 Å². The van der Waals surface area contributed by atoms with Crippen molar-refractivity contribution in [3.05, 3.63) is 40.5 Å². The number of carbonyl (C=O) groups excluding carboxylic acids is 1. The highest BCUT2D eigenvalue weighted by Gasteiger charge is 2.12. The third kappa shape index (κ3) is 2.36. The van der Waals surface area contributed by atoms with Crippen LogP contribution in [0.15, 0.2) is 33.5 Å². The van der Waals surface area contributed by atoms with E-state index in [1.165, 1.54) is 0 Å². The molecule has 15 heavy (non-hydrogen) atoms. The number of ketones is 1. The van der Waals surface area contributed by atoms with Crippen molar-refractivity contribution in [2.75, 3.05) is 0 Å². The molecule has 5 heteroatoms. The summed E-state index contributed by atoms with van der Waals surface area (Å²) >= 11 is 3.15. The van der Waals surface area contributed by atoms with Crippen LogP contribution in [-0.2, 0) is 13.5 Å². The van der Waals surface area contributed by atoms with Crippen molar-refractivity contribution in [3.63, 3.8) is 0 Å². The van der Waals surface area contributed by atoms with Gasteiger partial charge in [0.2, 0.25) is 5.78 Å². The molecule has 0 fully saturated rings. The summed E-state index contributed by atoms with van der Waals surface area (Å²) in [5.41, 5.74) is 0.745. The highest BCUT2D eigenvalue weighted by molar-refractivity contribution is 9.10. The molecule has 2 aromatic rings. The molecule has 0 spiro atoms. The van der Waals surface area contributed by atoms with Gasteiger partial charge in [-0.2, -0.15) is 5.10 Å². The Labute approximate surface area is 95.0 Å². The minimum absolute atomic E-state index is 0.0700. The molecule has 2 rings (SSSR count). The number of rotatable bonds is 3. The number of nitrogens with zero attached hydrogens (tertiary/aromatic N) is 2. The SMILES string of the molecule is Cn1ccc(CC(=O)c2ccc(Br)o2)n1. The predicted octanol–water partition coefficient (Wildman–Crippen LogP) is 2.20. The van der Waals surface area contributed by atoms with E-state index >= 15 is 0 Å². The summed E-state index contributed by atoms with van der Waals surface area (Å²) in [6.07, 6.45) is 2.07. The van der Waals surface area contributed by atoms with Crippen LogP contribution in [0, 0.1) is 0 Å². The largest absolute Gasteiger partial charge is 0.446 e. The molecule has 4 nitrogen and oxygen atoms in total. The highest BCUT2D eigenvalue weighted by atomic mass is 79.9. The summed E-state index contributed by atoms with van der Waals surface area (Å²) in [7, 11) is 1.82. The summed E-state index contributed by atoms with van der Waals surface area (Å²) in [4.78, 5) is 11.7. The molecule has 0 saturated heterocycles. The summed E-state index contributed by atoms with van der Waals surface area (Å²) < 4.78 is 7.39. The molecule has 0 aromatic carbocycles. The Balaban J connectivity index is 2.10. The first kappa shape index (κ1) is 10.2. The number of carbonyl (C=O) groups is 1. The minimum Gasteiger partial charge on any atom is -0.446 e. The third-order valence-electron chi connectivity index (χ3n) is 1.96. The number of aromatic nitrogens is 2. The van der Waals surface area contributed by atoms with Gasteiger partial charge in [0.05, 0.1) is 12.1 Å². The van der Waals surface area contributed by atoms with Gasteiger partial charge in [0.15, 0.2) is 10.4 Å². The quantitative estimate of drug-likeness (QED) is 0.802. The minimum atomic E-state index is -0.0700. The van der Waals surface area contributed by atoms with Crippen molar-refractivity contribution in [1.82, 2.24) is 9.78 Å². The van der Waals surface area contributed by atoms with Gasteiger partial charge in [-0.3, -0.25) is 9.48 Å². The second-order valence-corrected chi connectivity index (χ2v) is 3.97. The van der Waals surface area contributed by atoms with Gasteiger partial charge in [-0.1, -0.05) is 0 Å². The second-order valence-electron chi connectivity index (χ2n) is 3.18. The average molecular weight is 269 g/mol. The van der Waals surface area contributed by atoms with Crippen LogP contribution < -0.4 is 0 Å². The van der Waals surface area contributed by atoms with Crippen LogP contribution in [0.2, 0.25) is 0 Å². The molecule has 0 amide bonds. The van der Waals surface area contributed by atoms with E-state index in [1.807, 2.05) is 13.1 Å². The number of hydrogen-bond donors (Lipinski definition) is 0. The smallest absolute Gasteiger partial charge is 0.204 e. The number of hydrogen-bond acceptors (Lipinski definition) is 3. The molecule has 0 aliphatic rings. The lowest BCUT2D eigenvalue weighted by Gasteiger charge is -1.93. The Morgan fingerprint density at radius 1 is 1.53 bits per heavy atom. The topological polar surface area (TPSA) is 48.0 Å². The van der Waals surface area contributed by atoms with E-state index in [1.54, 1.807) is 23.0 Å². The predicted molar refractivity (Wildman–Crippen MR) is 57.7 cm³/mol. The molecule has 0 atom stereocenters. The molecule has 0 N–H and O–H groups in total. The lowest BCUT2D eigenvalue weighted by atomic mass is 10.2. The van der Waals surface area contributed by atoms with Crippen LogP contribution in [0.25, 0.3) is 0 Å². The Hall–Kier alpha value is -1.36. The van der Waals surface area contributed by atoms with E-state index in [0.717, 1.165) is 5.69 Å². The molecule has 0 aliphatic heterocycles.